The Morgan fingerprint density at radius 1 is 1.04 bits per heavy atom. The molecule has 8 heteroatoms. The molecule has 1 fully saturated rings. The van der Waals surface area contributed by atoms with E-state index in [2.05, 4.69) is 5.32 Å². The summed E-state index contributed by atoms with van der Waals surface area (Å²) in [6.07, 6.45) is -2.85. The fraction of sp³-hybridized carbons (Fsp3) is 0.111. The third kappa shape index (κ3) is 4.08. The molecule has 134 valence electrons. The van der Waals surface area contributed by atoms with Crippen LogP contribution in [-0.2, 0) is 11.0 Å². The minimum atomic E-state index is -4.46. The first-order chi connectivity index (χ1) is 12.3. The fourth-order valence-corrected chi connectivity index (χ4v) is 3.15. The molecule has 3 rings (SSSR count). The lowest BCUT2D eigenvalue weighted by molar-refractivity contribution is -0.137. The molecule has 0 radical (unpaired) electrons. The van der Waals surface area contributed by atoms with Crippen LogP contribution in [0.3, 0.4) is 0 Å². The van der Waals surface area contributed by atoms with E-state index >= 15 is 0 Å². The number of anilines is 1. The van der Waals surface area contributed by atoms with Crippen LogP contribution in [0.15, 0.2) is 59.5 Å². The molecule has 2 aromatic rings. The topological polar surface area (TPSA) is 49.4 Å². The number of imide groups is 1. The number of halogens is 3. The first kappa shape index (κ1) is 18.1. The molecule has 0 aliphatic carbocycles. The van der Waals surface area contributed by atoms with Crippen LogP contribution in [0.25, 0.3) is 6.08 Å². The summed E-state index contributed by atoms with van der Waals surface area (Å²) in [6, 6.07) is 13.6. The molecule has 4 nitrogen and oxygen atoms in total. The number of alkyl halides is 3. The molecule has 1 N–H and O–H groups in total. The fourth-order valence-electron chi connectivity index (χ4n) is 2.31. The lowest BCUT2D eigenvalue weighted by atomic mass is 10.2. The van der Waals surface area contributed by atoms with E-state index < -0.39 is 22.9 Å². The van der Waals surface area contributed by atoms with E-state index in [4.69, 9.17) is 0 Å². The molecule has 2 aromatic carbocycles. The first-order valence-electron chi connectivity index (χ1n) is 7.56. The molecule has 0 bridgehead atoms. The summed E-state index contributed by atoms with van der Waals surface area (Å²) in [5.41, 5.74) is 0.148. The Morgan fingerprint density at radius 3 is 2.46 bits per heavy atom. The standard InChI is InChI=1S/C18H13F3N2O2S/c19-18(20,21)13-7-4-8-14(10-13)22-11-23-16(24)15(26-17(23)25)9-12-5-2-1-3-6-12/h1-10,22H,11H2. The highest BCUT2D eigenvalue weighted by molar-refractivity contribution is 8.18. The largest absolute Gasteiger partial charge is 0.416 e. The van der Waals surface area contributed by atoms with E-state index in [1.807, 2.05) is 18.2 Å². The average Bonchev–Trinajstić information content (AvgIpc) is 2.87. The molecule has 1 saturated heterocycles. The summed E-state index contributed by atoms with van der Waals surface area (Å²) >= 11 is 0.798. The van der Waals surface area contributed by atoms with Crippen molar-refractivity contribution in [2.24, 2.45) is 0 Å². The maximum absolute atomic E-state index is 12.7. The predicted octanol–water partition coefficient (Wildman–Crippen LogP) is 4.81. The van der Waals surface area contributed by atoms with Crippen LogP contribution in [-0.4, -0.2) is 22.7 Å². The van der Waals surface area contributed by atoms with Gasteiger partial charge in [-0.25, -0.2) is 0 Å². The average molecular weight is 378 g/mol. The van der Waals surface area contributed by atoms with Crippen LogP contribution in [0.5, 0.6) is 0 Å². The van der Waals surface area contributed by atoms with Crippen molar-refractivity contribution in [2.45, 2.75) is 6.18 Å². The molecular formula is C18H13F3N2O2S. The number of nitrogens with one attached hydrogen (secondary N) is 1. The Labute approximate surface area is 151 Å². The number of hydrogen-bond acceptors (Lipinski definition) is 4. The summed E-state index contributed by atoms with van der Waals surface area (Å²) in [5, 5.41) is 2.21. The number of hydrogen-bond donors (Lipinski definition) is 1. The van der Waals surface area contributed by atoms with Gasteiger partial charge < -0.3 is 5.32 Å². The molecule has 1 aliphatic rings. The summed E-state index contributed by atoms with van der Waals surface area (Å²) in [4.78, 5) is 25.6. The van der Waals surface area contributed by atoms with E-state index in [9.17, 15) is 22.8 Å². The number of carbonyl (C=O) groups excluding carboxylic acids is 2. The van der Waals surface area contributed by atoms with Gasteiger partial charge in [0.15, 0.2) is 0 Å². The second kappa shape index (κ2) is 7.25. The Balaban J connectivity index is 1.70. The van der Waals surface area contributed by atoms with Crippen LogP contribution in [0.1, 0.15) is 11.1 Å². The highest BCUT2D eigenvalue weighted by Gasteiger charge is 2.35. The van der Waals surface area contributed by atoms with Gasteiger partial charge in [0.2, 0.25) is 0 Å². The first-order valence-corrected chi connectivity index (χ1v) is 8.38. The number of benzene rings is 2. The summed E-state index contributed by atoms with van der Waals surface area (Å²) < 4.78 is 38.2. The van der Waals surface area contributed by atoms with Gasteiger partial charge in [0.05, 0.1) is 17.1 Å². The summed E-state index contributed by atoms with van der Waals surface area (Å²) in [5.74, 6) is -0.483. The van der Waals surface area contributed by atoms with E-state index in [1.165, 1.54) is 12.1 Å². The van der Waals surface area contributed by atoms with Crippen LogP contribution in [0.4, 0.5) is 23.7 Å². The van der Waals surface area contributed by atoms with Gasteiger partial charge in [-0.15, -0.1) is 0 Å². The van der Waals surface area contributed by atoms with E-state index in [1.54, 1.807) is 18.2 Å². The third-order valence-electron chi connectivity index (χ3n) is 3.60. The van der Waals surface area contributed by atoms with Crippen molar-refractivity contribution in [1.82, 2.24) is 4.90 Å². The number of rotatable bonds is 4. The van der Waals surface area contributed by atoms with Crippen LogP contribution in [0.2, 0.25) is 0 Å². The Morgan fingerprint density at radius 2 is 1.77 bits per heavy atom. The van der Waals surface area contributed by atoms with Crippen molar-refractivity contribution in [3.05, 3.63) is 70.6 Å². The molecule has 0 spiro atoms. The van der Waals surface area contributed by atoms with Gasteiger partial charge >= 0.3 is 6.18 Å². The van der Waals surface area contributed by atoms with E-state index in [-0.39, 0.29) is 17.3 Å². The van der Waals surface area contributed by atoms with Crippen LogP contribution in [0, 0.1) is 0 Å². The molecule has 0 aromatic heterocycles. The van der Waals surface area contributed by atoms with Gasteiger partial charge in [-0.3, -0.25) is 14.5 Å². The Hall–Kier alpha value is -2.74. The second-order valence-corrected chi connectivity index (χ2v) is 6.43. The summed E-state index contributed by atoms with van der Waals surface area (Å²) in [6.45, 7) is -0.210. The Bertz CT molecular complexity index is 866. The SMILES string of the molecule is O=C1SC(=Cc2ccccc2)C(=O)N1CNc1cccc(C(F)(F)F)c1. The van der Waals surface area contributed by atoms with Gasteiger partial charge in [0.25, 0.3) is 11.1 Å². The number of nitrogens with zero attached hydrogens (tertiary/aromatic N) is 1. The minimum absolute atomic E-state index is 0.172. The van der Waals surface area contributed by atoms with Crippen molar-refractivity contribution in [3.8, 4) is 0 Å². The smallest absolute Gasteiger partial charge is 0.367 e. The lowest BCUT2D eigenvalue weighted by Crippen LogP contribution is -2.33. The third-order valence-corrected chi connectivity index (χ3v) is 4.51. The molecule has 1 aliphatic heterocycles. The van der Waals surface area contributed by atoms with E-state index in [0.717, 1.165) is 34.4 Å². The maximum atomic E-state index is 12.7. The monoisotopic (exact) mass is 378 g/mol. The molecule has 1 heterocycles. The predicted molar refractivity (Wildman–Crippen MR) is 94.2 cm³/mol. The van der Waals surface area contributed by atoms with Crippen molar-refractivity contribution >= 4 is 34.7 Å². The molecule has 0 saturated carbocycles. The molecular weight excluding hydrogens is 365 g/mol. The van der Waals surface area contributed by atoms with Gasteiger partial charge in [0.1, 0.15) is 0 Å². The van der Waals surface area contributed by atoms with Gasteiger partial charge in [0, 0.05) is 5.69 Å². The Kier molecular flexibility index (Phi) is 5.03. The van der Waals surface area contributed by atoms with Crippen LogP contribution >= 0.6 is 11.8 Å². The van der Waals surface area contributed by atoms with Gasteiger partial charge in [-0.1, -0.05) is 36.4 Å². The van der Waals surface area contributed by atoms with Crippen molar-refractivity contribution < 1.29 is 22.8 Å². The highest BCUT2D eigenvalue weighted by atomic mass is 32.2. The van der Waals surface area contributed by atoms with Gasteiger partial charge in [-0.2, -0.15) is 13.2 Å². The zero-order valence-electron chi connectivity index (χ0n) is 13.3. The molecule has 2 amide bonds. The summed E-state index contributed by atoms with van der Waals surface area (Å²) in [7, 11) is 0. The zero-order chi connectivity index (χ0) is 18.7. The number of amides is 2. The van der Waals surface area contributed by atoms with Gasteiger partial charge in [-0.05, 0) is 41.6 Å². The molecule has 26 heavy (non-hydrogen) atoms. The van der Waals surface area contributed by atoms with Crippen LogP contribution < -0.4 is 5.32 Å². The minimum Gasteiger partial charge on any atom is -0.367 e. The number of thioether (sulfide) groups is 1. The van der Waals surface area contributed by atoms with Crippen molar-refractivity contribution in [3.63, 3.8) is 0 Å². The number of carbonyl (C=O) groups is 2. The lowest BCUT2D eigenvalue weighted by Gasteiger charge is -2.15. The molecule has 0 unspecified atom stereocenters. The quantitative estimate of drug-likeness (QED) is 0.776. The van der Waals surface area contributed by atoms with E-state index in [0.29, 0.717) is 0 Å². The van der Waals surface area contributed by atoms with Crippen molar-refractivity contribution in [2.75, 3.05) is 12.0 Å². The molecule has 0 atom stereocenters. The maximum Gasteiger partial charge on any atom is 0.416 e. The normalized spacial score (nSPS) is 16.4. The highest BCUT2D eigenvalue weighted by Crippen LogP contribution is 2.33. The second-order valence-electron chi connectivity index (χ2n) is 5.43. The van der Waals surface area contributed by atoms with Crippen molar-refractivity contribution in [1.29, 1.82) is 0 Å². The zero-order valence-corrected chi connectivity index (χ0v) is 14.1.